The molecule has 3 rings (SSSR count). The van der Waals surface area contributed by atoms with Gasteiger partial charge < -0.3 is 19.1 Å². The summed E-state index contributed by atoms with van der Waals surface area (Å²) in [6, 6.07) is 10.0. The highest BCUT2D eigenvalue weighted by atomic mass is 19.1. The molecule has 0 N–H and O–H groups in total. The van der Waals surface area contributed by atoms with Gasteiger partial charge in [0.05, 0.1) is 27.8 Å². The van der Waals surface area contributed by atoms with E-state index in [0.717, 1.165) is 24.0 Å². The minimum atomic E-state index is -0.303. The number of hydrogen-bond donors (Lipinski definition) is 0. The molecule has 0 aromatic heterocycles. The average Bonchev–Trinajstić information content (AvgIpc) is 3.51. The molecule has 0 unspecified atom stereocenters. The van der Waals surface area contributed by atoms with Gasteiger partial charge in [0.25, 0.3) is 0 Å². The molecule has 6 heteroatoms. The highest BCUT2D eigenvalue weighted by Gasteiger charge is 2.32. The molecule has 0 spiro atoms. The quantitative estimate of drug-likeness (QED) is 0.710. The minimum absolute atomic E-state index is 0.0258. The van der Waals surface area contributed by atoms with E-state index in [9.17, 15) is 9.18 Å². The van der Waals surface area contributed by atoms with Gasteiger partial charge in [-0.25, -0.2) is 4.39 Å². The first-order valence-electron chi connectivity index (χ1n) is 8.88. The molecular formula is C21H24FNO4. The van der Waals surface area contributed by atoms with E-state index < -0.39 is 0 Å². The third-order valence-electron chi connectivity index (χ3n) is 4.65. The van der Waals surface area contributed by atoms with E-state index in [4.69, 9.17) is 14.2 Å². The predicted octanol–water partition coefficient (Wildman–Crippen LogP) is 3.59. The van der Waals surface area contributed by atoms with Crippen molar-refractivity contribution >= 4 is 5.91 Å². The molecule has 27 heavy (non-hydrogen) atoms. The largest absolute Gasteiger partial charge is 0.493 e. The summed E-state index contributed by atoms with van der Waals surface area (Å²) in [5.74, 6) is 1.38. The summed E-state index contributed by atoms with van der Waals surface area (Å²) in [5, 5.41) is 0. The van der Waals surface area contributed by atoms with Gasteiger partial charge in [-0.2, -0.15) is 0 Å². The third kappa shape index (κ3) is 4.51. The minimum Gasteiger partial charge on any atom is -0.493 e. The topological polar surface area (TPSA) is 48.0 Å². The molecule has 2 aromatic rings. The molecule has 1 aliphatic rings. The first kappa shape index (κ1) is 19.0. The molecular weight excluding hydrogens is 349 g/mol. The zero-order valence-electron chi connectivity index (χ0n) is 15.8. The van der Waals surface area contributed by atoms with Crippen LogP contribution in [0.1, 0.15) is 24.0 Å². The van der Waals surface area contributed by atoms with Gasteiger partial charge >= 0.3 is 0 Å². The fourth-order valence-corrected chi connectivity index (χ4v) is 3.11. The lowest BCUT2D eigenvalue weighted by atomic mass is 10.1. The zero-order chi connectivity index (χ0) is 19.4. The van der Waals surface area contributed by atoms with Crippen LogP contribution in [0.4, 0.5) is 4.39 Å². The monoisotopic (exact) mass is 373 g/mol. The van der Waals surface area contributed by atoms with E-state index in [2.05, 4.69) is 0 Å². The van der Waals surface area contributed by atoms with Crippen LogP contribution in [0.3, 0.4) is 0 Å². The molecule has 1 amide bonds. The highest BCUT2D eigenvalue weighted by molar-refractivity contribution is 5.79. The molecule has 0 aliphatic heterocycles. The molecule has 0 atom stereocenters. The lowest BCUT2D eigenvalue weighted by Gasteiger charge is -2.24. The third-order valence-corrected chi connectivity index (χ3v) is 4.65. The molecule has 0 radical (unpaired) electrons. The van der Waals surface area contributed by atoms with Crippen LogP contribution in [0, 0.1) is 5.82 Å². The summed E-state index contributed by atoms with van der Waals surface area (Å²) < 4.78 is 29.2. The van der Waals surface area contributed by atoms with Crippen molar-refractivity contribution in [3.8, 4) is 17.2 Å². The smallest absolute Gasteiger partial charge is 0.227 e. The standard InChI is InChI=1S/C21H24FNO4/c1-25-18-10-15(11-19(26-2)21(18)27-3)13-23(17-8-9-17)20(24)12-14-4-6-16(22)7-5-14/h4-7,10-11,17H,8-9,12-13H2,1-3H3. The van der Waals surface area contributed by atoms with Gasteiger partial charge in [0.15, 0.2) is 11.5 Å². The summed E-state index contributed by atoms with van der Waals surface area (Å²) in [6.45, 7) is 0.460. The molecule has 5 nitrogen and oxygen atoms in total. The summed E-state index contributed by atoms with van der Waals surface area (Å²) in [7, 11) is 4.70. The number of nitrogens with zero attached hydrogens (tertiary/aromatic N) is 1. The Kier molecular flexibility index (Phi) is 5.84. The summed E-state index contributed by atoms with van der Waals surface area (Å²) in [6.07, 6.45) is 2.25. The van der Waals surface area contributed by atoms with Gasteiger partial charge in [-0.15, -0.1) is 0 Å². The Balaban J connectivity index is 1.80. The normalized spacial score (nSPS) is 13.2. The summed E-state index contributed by atoms with van der Waals surface area (Å²) in [5.41, 5.74) is 1.71. The van der Waals surface area contributed by atoms with Crippen molar-refractivity contribution in [3.05, 3.63) is 53.3 Å². The van der Waals surface area contributed by atoms with Crippen molar-refractivity contribution in [1.29, 1.82) is 0 Å². The van der Waals surface area contributed by atoms with Crippen molar-refractivity contribution in [2.24, 2.45) is 0 Å². The van der Waals surface area contributed by atoms with Gasteiger partial charge in [0.1, 0.15) is 5.82 Å². The Morgan fingerprint density at radius 2 is 1.59 bits per heavy atom. The van der Waals surface area contributed by atoms with Crippen molar-refractivity contribution in [3.63, 3.8) is 0 Å². The van der Waals surface area contributed by atoms with Crippen molar-refractivity contribution in [2.75, 3.05) is 21.3 Å². The number of ether oxygens (including phenoxy) is 3. The van der Waals surface area contributed by atoms with Crippen LogP contribution in [0.2, 0.25) is 0 Å². The maximum absolute atomic E-state index is 13.1. The number of rotatable bonds is 8. The lowest BCUT2D eigenvalue weighted by molar-refractivity contribution is -0.131. The van der Waals surface area contributed by atoms with Crippen LogP contribution in [0.25, 0.3) is 0 Å². The molecule has 0 heterocycles. The maximum Gasteiger partial charge on any atom is 0.227 e. The first-order valence-corrected chi connectivity index (χ1v) is 8.88. The highest BCUT2D eigenvalue weighted by Crippen LogP contribution is 2.39. The molecule has 1 aliphatic carbocycles. The van der Waals surface area contributed by atoms with Gasteiger partial charge in [-0.3, -0.25) is 4.79 Å². The van der Waals surface area contributed by atoms with E-state index in [1.54, 1.807) is 33.5 Å². The number of carbonyl (C=O) groups excluding carboxylic acids is 1. The molecule has 0 saturated heterocycles. The van der Waals surface area contributed by atoms with E-state index in [1.165, 1.54) is 12.1 Å². The fourth-order valence-electron chi connectivity index (χ4n) is 3.11. The Bertz CT molecular complexity index is 777. The SMILES string of the molecule is COc1cc(CN(C(=O)Cc2ccc(F)cc2)C2CC2)cc(OC)c1OC. The molecule has 0 bridgehead atoms. The maximum atomic E-state index is 13.1. The Morgan fingerprint density at radius 3 is 2.07 bits per heavy atom. The predicted molar refractivity (Wildman–Crippen MR) is 99.8 cm³/mol. The molecule has 144 valence electrons. The van der Waals surface area contributed by atoms with Crippen LogP contribution in [-0.2, 0) is 17.8 Å². The Labute approximate surface area is 158 Å². The second-order valence-electron chi connectivity index (χ2n) is 6.59. The van der Waals surface area contributed by atoms with E-state index in [-0.39, 0.29) is 24.2 Å². The zero-order valence-corrected chi connectivity index (χ0v) is 15.8. The van der Waals surface area contributed by atoms with Crippen LogP contribution < -0.4 is 14.2 Å². The van der Waals surface area contributed by atoms with Crippen LogP contribution in [0.5, 0.6) is 17.2 Å². The van der Waals surface area contributed by atoms with Gasteiger partial charge in [-0.1, -0.05) is 12.1 Å². The summed E-state index contributed by atoms with van der Waals surface area (Å²) >= 11 is 0. The van der Waals surface area contributed by atoms with Gasteiger partial charge in [0.2, 0.25) is 11.7 Å². The molecule has 1 saturated carbocycles. The van der Waals surface area contributed by atoms with Gasteiger partial charge in [0, 0.05) is 12.6 Å². The van der Waals surface area contributed by atoms with Crippen LogP contribution in [-0.4, -0.2) is 38.2 Å². The van der Waals surface area contributed by atoms with Crippen LogP contribution in [0.15, 0.2) is 36.4 Å². The number of benzene rings is 2. The van der Waals surface area contributed by atoms with Gasteiger partial charge in [-0.05, 0) is 48.2 Å². The van der Waals surface area contributed by atoms with E-state index >= 15 is 0 Å². The number of halogens is 1. The van der Waals surface area contributed by atoms with E-state index in [0.29, 0.717) is 23.8 Å². The van der Waals surface area contributed by atoms with Crippen molar-refractivity contribution in [2.45, 2.75) is 31.8 Å². The number of hydrogen-bond acceptors (Lipinski definition) is 4. The van der Waals surface area contributed by atoms with Crippen molar-refractivity contribution in [1.82, 2.24) is 4.90 Å². The molecule has 2 aromatic carbocycles. The van der Waals surface area contributed by atoms with Crippen LogP contribution >= 0.6 is 0 Å². The second-order valence-corrected chi connectivity index (χ2v) is 6.59. The molecule has 1 fully saturated rings. The first-order chi connectivity index (χ1) is 13.0. The summed E-state index contributed by atoms with van der Waals surface area (Å²) in [4.78, 5) is 14.7. The fraction of sp³-hybridized carbons (Fsp3) is 0.381. The van der Waals surface area contributed by atoms with E-state index in [1.807, 2.05) is 17.0 Å². The average molecular weight is 373 g/mol. The Morgan fingerprint density at radius 1 is 1.00 bits per heavy atom. The number of amides is 1. The second kappa shape index (κ2) is 8.29. The number of methoxy groups -OCH3 is 3. The number of carbonyl (C=O) groups is 1. The van der Waals surface area contributed by atoms with Crippen molar-refractivity contribution < 1.29 is 23.4 Å². The lowest BCUT2D eigenvalue weighted by Crippen LogP contribution is -2.33. The Hall–Kier alpha value is -2.76.